The summed E-state index contributed by atoms with van der Waals surface area (Å²) in [5.41, 5.74) is 5.97. The largest absolute Gasteiger partial charge is 0.373 e. The van der Waals surface area contributed by atoms with E-state index in [0.29, 0.717) is 11.7 Å². The lowest BCUT2D eigenvalue weighted by Gasteiger charge is -2.26. The van der Waals surface area contributed by atoms with Crippen LogP contribution < -0.4 is 5.73 Å². The number of rotatable bonds is 3. The summed E-state index contributed by atoms with van der Waals surface area (Å²) in [6.07, 6.45) is -0.166. The van der Waals surface area contributed by atoms with Gasteiger partial charge >= 0.3 is 0 Å². The van der Waals surface area contributed by atoms with Crippen molar-refractivity contribution in [3.8, 4) is 0 Å². The van der Waals surface area contributed by atoms with Crippen LogP contribution in [-0.4, -0.2) is 34.8 Å². The van der Waals surface area contributed by atoms with Crippen molar-refractivity contribution in [1.29, 1.82) is 0 Å². The molecule has 2 heterocycles. The number of nitrogens with two attached hydrogens (primary N) is 1. The summed E-state index contributed by atoms with van der Waals surface area (Å²) in [5.74, 6) is 3.34. The van der Waals surface area contributed by atoms with Crippen LogP contribution in [0.25, 0.3) is 0 Å². The summed E-state index contributed by atoms with van der Waals surface area (Å²) < 4.78 is 10.8. The molecule has 2 N–H and O–H groups in total. The maximum atomic E-state index is 6.03. The zero-order chi connectivity index (χ0) is 13.3. The third-order valence-electron chi connectivity index (χ3n) is 3.16. The lowest BCUT2D eigenvalue weighted by molar-refractivity contribution is 0.00718. The molecule has 0 amide bonds. The number of ether oxygens (including phenoxy) is 1. The average molecular weight is 271 g/mol. The van der Waals surface area contributed by atoms with Crippen molar-refractivity contribution in [1.82, 2.24) is 10.1 Å². The van der Waals surface area contributed by atoms with Crippen LogP contribution in [0.3, 0.4) is 0 Å². The summed E-state index contributed by atoms with van der Waals surface area (Å²) >= 11 is 1.83. The lowest BCUT2D eigenvalue weighted by atomic mass is 9.88. The van der Waals surface area contributed by atoms with E-state index in [2.05, 4.69) is 30.9 Å². The van der Waals surface area contributed by atoms with Crippen LogP contribution in [0, 0.1) is 5.41 Å². The zero-order valence-electron chi connectivity index (χ0n) is 11.3. The molecule has 0 saturated carbocycles. The molecule has 0 bridgehead atoms. The van der Waals surface area contributed by atoms with Gasteiger partial charge in [-0.25, -0.2) is 0 Å². The van der Waals surface area contributed by atoms with Gasteiger partial charge in [0.15, 0.2) is 0 Å². The van der Waals surface area contributed by atoms with Crippen LogP contribution in [0.5, 0.6) is 0 Å². The summed E-state index contributed by atoms with van der Waals surface area (Å²) in [5, 5.41) is 4.06. The first kappa shape index (κ1) is 13.8. The molecule has 1 saturated heterocycles. The van der Waals surface area contributed by atoms with Gasteiger partial charge in [0.2, 0.25) is 11.7 Å². The second kappa shape index (κ2) is 5.19. The van der Waals surface area contributed by atoms with Crippen LogP contribution in [0.4, 0.5) is 0 Å². The van der Waals surface area contributed by atoms with Crippen molar-refractivity contribution < 1.29 is 9.26 Å². The Balaban J connectivity index is 2.19. The minimum absolute atomic E-state index is 0.0670. The topological polar surface area (TPSA) is 74.2 Å². The van der Waals surface area contributed by atoms with Crippen molar-refractivity contribution in [3.63, 3.8) is 0 Å². The molecule has 0 radical (unpaired) electrons. The first-order valence-corrected chi connectivity index (χ1v) is 7.28. The molecule has 2 rings (SSSR count). The van der Waals surface area contributed by atoms with Crippen LogP contribution in [0.2, 0.25) is 0 Å². The molecule has 3 unspecified atom stereocenters. The Morgan fingerprint density at radius 3 is 2.67 bits per heavy atom. The standard InChI is InChI=1S/C12H21N3O2S/c1-12(2,3)9(16-4)10-14-11(17-15-10)7-5-18-6-8(7)13/h7-9H,5-6,13H2,1-4H3. The van der Waals surface area contributed by atoms with E-state index >= 15 is 0 Å². The van der Waals surface area contributed by atoms with E-state index in [1.54, 1.807) is 7.11 Å². The highest BCUT2D eigenvalue weighted by molar-refractivity contribution is 7.99. The SMILES string of the molecule is COC(c1noc(C2CSCC2N)n1)C(C)(C)C. The van der Waals surface area contributed by atoms with E-state index in [9.17, 15) is 0 Å². The van der Waals surface area contributed by atoms with Gasteiger partial charge in [-0.2, -0.15) is 16.7 Å². The number of aromatic nitrogens is 2. The van der Waals surface area contributed by atoms with Crippen LogP contribution in [0.1, 0.15) is 44.5 Å². The minimum Gasteiger partial charge on any atom is -0.373 e. The first-order chi connectivity index (χ1) is 8.43. The van der Waals surface area contributed by atoms with E-state index in [4.69, 9.17) is 15.0 Å². The van der Waals surface area contributed by atoms with Gasteiger partial charge in [-0.1, -0.05) is 25.9 Å². The van der Waals surface area contributed by atoms with Gasteiger partial charge in [-0.05, 0) is 5.41 Å². The monoisotopic (exact) mass is 271 g/mol. The second-order valence-electron chi connectivity index (χ2n) is 5.78. The molecule has 1 aliphatic rings. The third kappa shape index (κ3) is 2.70. The molecule has 5 nitrogen and oxygen atoms in total. The van der Waals surface area contributed by atoms with E-state index in [1.807, 2.05) is 11.8 Å². The molecule has 0 aliphatic carbocycles. The third-order valence-corrected chi connectivity index (χ3v) is 4.37. The van der Waals surface area contributed by atoms with Gasteiger partial charge in [-0.15, -0.1) is 0 Å². The van der Waals surface area contributed by atoms with Crippen molar-refractivity contribution in [2.75, 3.05) is 18.6 Å². The summed E-state index contributed by atoms with van der Waals surface area (Å²) in [4.78, 5) is 4.48. The second-order valence-corrected chi connectivity index (χ2v) is 6.86. The molecule has 6 heteroatoms. The Morgan fingerprint density at radius 1 is 1.44 bits per heavy atom. The van der Waals surface area contributed by atoms with Gasteiger partial charge < -0.3 is 15.0 Å². The normalized spacial score (nSPS) is 26.5. The van der Waals surface area contributed by atoms with E-state index in [1.165, 1.54) is 0 Å². The molecular formula is C12H21N3O2S. The molecule has 1 fully saturated rings. The maximum Gasteiger partial charge on any atom is 0.232 e. The van der Waals surface area contributed by atoms with Crippen molar-refractivity contribution in [2.45, 2.75) is 38.8 Å². The molecule has 3 atom stereocenters. The number of hydrogen-bond acceptors (Lipinski definition) is 6. The van der Waals surface area contributed by atoms with Crippen LogP contribution in [0.15, 0.2) is 4.52 Å². The zero-order valence-corrected chi connectivity index (χ0v) is 12.2. The minimum atomic E-state index is -0.166. The fraction of sp³-hybridized carbons (Fsp3) is 0.833. The van der Waals surface area contributed by atoms with E-state index in [-0.39, 0.29) is 23.5 Å². The molecular weight excluding hydrogens is 250 g/mol. The predicted octanol–water partition coefficient (Wildman–Crippen LogP) is 1.96. The van der Waals surface area contributed by atoms with Gasteiger partial charge in [0.05, 0.1) is 5.92 Å². The Labute approximate surface area is 112 Å². The molecule has 0 spiro atoms. The average Bonchev–Trinajstić information content (AvgIpc) is 2.85. The van der Waals surface area contributed by atoms with Gasteiger partial charge in [0.1, 0.15) is 6.10 Å². The number of nitrogens with zero attached hydrogens (tertiary/aromatic N) is 2. The maximum absolute atomic E-state index is 6.03. The molecule has 0 aromatic carbocycles. The highest BCUT2D eigenvalue weighted by Crippen LogP contribution is 2.36. The summed E-state index contributed by atoms with van der Waals surface area (Å²) in [6.45, 7) is 6.27. The fourth-order valence-electron chi connectivity index (χ4n) is 2.18. The van der Waals surface area contributed by atoms with Gasteiger partial charge in [0, 0.05) is 24.7 Å². The Kier molecular flexibility index (Phi) is 3.99. The number of hydrogen-bond donors (Lipinski definition) is 1. The highest BCUT2D eigenvalue weighted by atomic mass is 32.2. The number of methoxy groups -OCH3 is 1. The molecule has 1 aliphatic heterocycles. The van der Waals surface area contributed by atoms with Crippen molar-refractivity contribution in [3.05, 3.63) is 11.7 Å². The van der Waals surface area contributed by atoms with Crippen LogP contribution in [-0.2, 0) is 4.74 Å². The van der Waals surface area contributed by atoms with E-state index in [0.717, 1.165) is 11.5 Å². The van der Waals surface area contributed by atoms with Crippen molar-refractivity contribution in [2.24, 2.45) is 11.1 Å². The van der Waals surface area contributed by atoms with Crippen molar-refractivity contribution >= 4 is 11.8 Å². The Hall–Kier alpha value is -0.590. The smallest absolute Gasteiger partial charge is 0.232 e. The molecule has 18 heavy (non-hydrogen) atoms. The predicted molar refractivity (Wildman–Crippen MR) is 71.5 cm³/mol. The highest BCUT2D eigenvalue weighted by Gasteiger charge is 2.34. The van der Waals surface area contributed by atoms with E-state index < -0.39 is 0 Å². The number of thioether (sulfide) groups is 1. The lowest BCUT2D eigenvalue weighted by Crippen LogP contribution is -2.27. The quantitative estimate of drug-likeness (QED) is 0.906. The molecule has 102 valence electrons. The summed E-state index contributed by atoms with van der Waals surface area (Å²) in [6, 6.07) is 0.110. The molecule has 1 aromatic heterocycles. The van der Waals surface area contributed by atoms with Gasteiger partial charge in [-0.3, -0.25) is 0 Å². The fourth-order valence-corrected chi connectivity index (χ4v) is 3.46. The summed E-state index contributed by atoms with van der Waals surface area (Å²) in [7, 11) is 1.67. The molecule has 1 aromatic rings. The van der Waals surface area contributed by atoms with Crippen LogP contribution >= 0.6 is 11.8 Å². The Morgan fingerprint density at radius 2 is 2.17 bits per heavy atom. The Bertz CT molecular complexity index is 402. The van der Waals surface area contributed by atoms with Gasteiger partial charge in [0.25, 0.3) is 0 Å². The first-order valence-electron chi connectivity index (χ1n) is 6.13.